The van der Waals surface area contributed by atoms with Crippen LogP contribution in [0.2, 0.25) is 0 Å². The number of fused-ring (bicyclic) bond motifs is 1. The monoisotopic (exact) mass is 347 g/mol. The van der Waals surface area contributed by atoms with Gasteiger partial charge in [0.2, 0.25) is 11.8 Å². The Bertz CT molecular complexity index is 626. The molecule has 130 valence electrons. The highest BCUT2D eigenvalue weighted by Crippen LogP contribution is 2.36. The van der Waals surface area contributed by atoms with E-state index in [9.17, 15) is 9.59 Å². The van der Waals surface area contributed by atoms with Crippen LogP contribution in [-0.2, 0) is 16.0 Å². The van der Waals surface area contributed by atoms with Gasteiger partial charge in [-0.25, -0.2) is 4.98 Å². The van der Waals surface area contributed by atoms with Gasteiger partial charge >= 0.3 is 0 Å². The van der Waals surface area contributed by atoms with Crippen molar-refractivity contribution in [1.29, 1.82) is 0 Å². The lowest BCUT2D eigenvalue weighted by Crippen LogP contribution is -2.45. The molecule has 1 aromatic heterocycles. The predicted octanol–water partition coefficient (Wildman–Crippen LogP) is 3.07. The van der Waals surface area contributed by atoms with Crippen molar-refractivity contribution in [2.24, 2.45) is 17.8 Å². The molecular weight excluding hydrogens is 322 g/mol. The highest BCUT2D eigenvalue weighted by Gasteiger charge is 2.33. The maximum absolute atomic E-state index is 12.6. The summed E-state index contributed by atoms with van der Waals surface area (Å²) in [5.41, 5.74) is 0.780. The standard InChI is InChI=1S/C18H25N3O2S/c22-16(21-8-7-12-3-1-2-4-14(12)10-21)9-15-11-24-18(19-15)20-17(23)13-5-6-13/h11-14H,1-10H2,(H,19,20,23)/t12-,14-/m0/s1. The maximum atomic E-state index is 12.6. The van der Waals surface area contributed by atoms with Crippen LogP contribution in [0.15, 0.2) is 5.38 Å². The van der Waals surface area contributed by atoms with Crippen LogP contribution in [-0.4, -0.2) is 34.8 Å². The Balaban J connectivity index is 1.31. The first-order chi connectivity index (χ1) is 11.7. The average Bonchev–Trinajstić information content (AvgIpc) is 3.37. The molecule has 1 aromatic rings. The van der Waals surface area contributed by atoms with Crippen LogP contribution in [0.5, 0.6) is 0 Å². The lowest BCUT2D eigenvalue weighted by Gasteiger charge is -2.41. The molecule has 0 unspecified atom stereocenters. The number of rotatable bonds is 4. The van der Waals surface area contributed by atoms with Crippen LogP contribution in [0.25, 0.3) is 0 Å². The van der Waals surface area contributed by atoms with Crippen molar-refractivity contribution in [1.82, 2.24) is 9.88 Å². The summed E-state index contributed by atoms with van der Waals surface area (Å²) in [4.78, 5) is 30.8. The first kappa shape index (κ1) is 16.1. The third-order valence-corrected chi connectivity index (χ3v) is 6.51. The number of carbonyl (C=O) groups excluding carboxylic acids is 2. The van der Waals surface area contributed by atoms with Crippen LogP contribution in [0, 0.1) is 17.8 Å². The fourth-order valence-electron chi connectivity index (χ4n) is 4.09. The SMILES string of the molecule is O=C(Nc1nc(CC(=O)N2CC[C@@H]3CCCC[C@H]3C2)cs1)C1CC1. The van der Waals surface area contributed by atoms with E-state index in [1.807, 2.05) is 10.3 Å². The Morgan fingerprint density at radius 2 is 1.96 bits per heavy atom. The van der Waals surface area contributed by atoms with Crippen molar-refractivity contribution in [3.05, 3.63) is 11.1 Å². The fourth-order valence-corrected chi connectivity index (χ4v) is 4.81. The van der Waals surface area contributed by atoms with Crippen molar-refractivity contribution < 1.29 is 9.59 Å². The highest BCUT2D eigenvalue weighted by atomic mass is 32.1. The second kappa shape index (κ2) is 6.82. The molecule has 4 rings (SSSR count). The second-order valence-electron chi connectivity index (χ2n) is 7.52. The van der Waals surface area contributed by atoms with E-state index in [0.717, 1.165) is 44.0 Å². The van der Waals surface area contributed by atoms with Gasteiger partial charge in [-0.3, -0.25) is 9.59 Å². The number of anilines is 1. The molecule has 3 aliphatic rings. The highest BCUT2D eigenvalue weighted by molar-refractivity contribution is 7.13. The molecule has 24 heavy (non-hydrogen) atoms. The molecule has 2 saturated carbocycles. The van der Waals surface area contributed by atoms with Gasteiger partial charge in [0, 0.05) is 24.4 Å². The Hall–Kier alpha value is -1.43. The molecule has 2 heterocycles. The van der Waals surface area contributed by atoms with E-state index in [4.69, 9.17) is 0 Å². The van der Waals surface area contributed by atoms with E-state index in [0.29, 0.717) is 17.5 Å². The summed E-state index contributed by atoms with van der Waals surface area (Å²) in [6.07, 6.45) is 8.80. The molecule has 2 atom stereocenters. The third kappa shape index (κ3) is 3.63. The van der Waals surface area contributed by atoms with Gasteiger partial charge in [0.05, 0.1) is 12.1 Å². The van der Waals surface area contributed by atoms with E-state index in [1.54, 1.807) is 0 Å². The van der Waals surface area contributed by atoms with E-state index >= 15 is 0 Å². The van der Waals surface area contributed by atoms with E-state index < -0.39 is 0 Å². The Morgan fingerprint density at radius 1 is 1.17 bits per heavy atom. The zero-order valence-corrected chi connectivity index (χ0v) is 14.8. The molecule has 2 amide bonds. The summed E-state index contributed by atoms with van der Waals surface area (Å²) in [5, 5.41) is 5.38. The van der Waals surface area contributed by atoms with Crippen molar-refractivity contribution in [2.45, 2.75) is 51.4 Å². The Kier molecular flexibility index (Phi) is 4.57. The van der Waals surface area contributed by atoms with Gasteiger partial charge in [-0.2, -0.15) is 0 Å². The summed E-state index contributed by atoms with van der Waals surface area (Å²) in [6.45, 7) is 1.83. The van der Waals surface area contributed by atoms with Gasteiger partial charge in [-0.1, -0.05) is 19.3 Å². The quantitative estimate of drug-likeness (QED) is 0.910. The van der Waals surface area contributed by atoms with Gasteiger partial charge < -0.3 is 10.2 Å². The third-order valence-electron chi connectivity index (χ3n) is 5.71. The number of carbonyl (C=O) groups is 2. The molecular formula is C18H25N3O2S. The van der Waals surface area contributed by atoms with Crippen molar-refractivity contribution in [3.8, 4) is 0 Å². The molecule has 1 N–H and O–H groups in total. The number of likely N-dealkylation sites (tertiary alicyclic amines) is 1. The van der Waals surface area contributed by atoms with Crippen molar-refractivity contribution in [2.75, 3.05) is 18.4 Å². The predicted molar refractivity (Wildman–Crippen MR) is 93.8 cm³/mol. The zero-order valence-electron chi connectivity index (χ0n) is 14.0. The van der Waals surface area contributed by atoms with Crippen molar-refractivity contribution >= 4 is 28.3 Å². The maximum Gasteiger partial charge on any atom is 0.229 e. The largest absolute Gasteiger partial charge is 0.342 e. The van der Waals surface area contributed by atoms with Gasteiger partial charge in [-0.15, -0.1) is 11.3 Å². The smallest absolute Gasteiger partial charge is 0.229 e. The van der Waals surface area contributed by atoms with Gasteiger partial charge in [0.25, 0.3) is 0 Å². The molecule has 1 saturated heterocycles. The summed E-state index contributed by atoms with van der Waals surface area (Å²) >= 11 is 1.42. The van der Waals surface area contributed by atoms with Crippen molar-refractivity contribution in [3.63, 3.8) is 0 Å². The molecule has 3 fully saturated rings. The van der Waals surface area contributed by atoms with Crippen LogP contribution in [0.3, 0.4) is 0 Å². The summed E-state index contributed by atoms with van der Waals surface area (Å²) in [7, 11) is 0. The molecule has 0 spiro atoms. The van der Waals surface area contributed by atoms with E-state index in [2.05, 4.69) is 10.3 Å². The molecule has 0 bridgehead atoms. The minimum atomic E-state index is 0.0709. The molecule has 0 radical (unpaired) electrons. The van der Waals surface area contributed by atoms with Gasteiger partial charge in [0.1, 0.15) is 0 Å². The van der Waals surface area contributed by atoms with Gasteiger partial charge in [-0.05, 0) is 37.5 Å². The average molecular weight is 347 g/mol. The summed E-state index contributed by atoms with van der Waals surface area (Å²) in [6, 6.07) is 0. The minimum absolute atomic E-state index is 0.0709. The number of hydrogen-bond acceptors (Lipinski definition) is 4. The molecule has 5 nitrogen and oxygen atoms in total. The molecule has 2 aliphatic carbocycles. The summed E-state index contributed by atoms with van der Waals surface area (Å²) in [5.74, 6) is 1.98. The molecule has 0 aromatic carbocycles. The fraction of sp³-hybridized carbons (Fsp3) is 0.722. The topological polar surface area (TPSA) is 62.3 Å². The first-order valence-corrected chi connectivity index (χ1v) is 10.1. The van der Waals surface area contributed by atoms with Crippen LogP contribution < -0.4 is 5.32 Å². The van der Waals surface area contributed by atoms with Crippen LogP contribution in [0.4, 0.5) is 5.13 Å². The Morgan fingerprint density at radius 3 is 2.75 bits per heavy atom. The Labute approximate surface area is 146 Å². The van der Waals surface area contributed by atoms with E-state index in [-0.39, 0.29) is 17.7 Å². The lowest BCUT2D eigenvalue weighted by molar-refractivity contribution is -0.133. The number of piperidine rings is 1. The molecule has 1 aliphatic heterocycles. The van der Waals surface area contributed by atoms with Gasteiger partial charge in [0.15, 0.2) is 5.13 Å². The summed E-state index contributed by atoms with van der Waals surface area (Å²) < 4.78 is 0. The van der Waals surface area contributed by atoms with Crippen LogP contribution >= 0.6 is 11.3 Å². The normalized spacial score (nSPS) is 26.8. The zero-order chi connectivity index (χ0) is 16.5. The lowest BCUT2D eigenvalue weighted by atomic mass is 9.75. The number of aromatic nitrogens is 1. The number of thiazole rings is 1. The second-order valence-corrected chi connectivity index (χ2v) is 8.38. The first-order valence-electron chi connectivity index (χ1n) is 9.22. The van der Waals surface area contributed by atoms with E-state index in [1.165, 1.54) is 37.0 Å². The molecule has 6 heteroatoms. The van der Waals surface area contributed by atoms with Crippen LogP contribution in [0.1, 0.15) is 50.6 Å². The number of nitrogens with one attached hydrogen (secondary N) is 1. The minimum Gasteiger partial charge on any atom is -0.342 e. The number of amides is 2. The number of nitrogens with zero attached hydrogens (tertiary/aromatic N) is 2. The number of hydrogen-bond donors (Lipinski definition) is 1.